The molecular formula is C13H15N3O. The average molecular weight is 229 g/mol. The van der Waals surface area contributed by atoms with Crippen LogP contribution in [-0.4, -0.2) is 17.1 Å². The second-order valence-electron chi connectivity index (χ2n) is 4.17. The molecule has 0 aliphatic rings. The summed E-state index contributed by atoms with van der Waals surface area (Å²) in [4.78, 5) is 15.8. The molecule has 0 fully saturated rings. The van der Waals surface area contributed by atoms with E-state index in [2.05, 4.69) is 15.6 Å². The number of fused-ring (bicyclic) bond motifs is 1. The Morgan fingerprint density at radius 1 is 1.29 bits per heavy atom. The molecule has 0 radical (unpaired) electrons. The van der Waals surface area contributed by atoms with Crippen molar-refractivity contribution < 1.29 is 4.79 Å². The van der Waals surface area contributed by atoms with E-state index >= 15 is 0 Å². The van der Waals surface area contributed by atoms with Crippen molar-refractivity contribution in [1.29, 1.82) is 0 Å². The number of carbonyl (C=O) groups is 1. The van der Waals surface area contributed by atoms with Gasteiger partial charge in [-0.25, -0.2) is 4.79 Å². The summed E-state index contributed by atoms with van der Waals surface area (Å²) in [5, 5.41) is 6.52. The molecule has 2 rings (SSSR count). The summed E-state index contributed by atoms with van der Waals surface area (Å²) in [6, 6.07) is 9.60. The number of para-hydroxylation sites is 1. The third-order valence-electron chi connectivity index (χ3n) is 2.27. The number of nitrogens with one attached hydrogen (secondary N) is 2. The summed E-state index contributed by atoms with van der Waals surface area (Å²) in [6.07, 6.45) is 1.65. The summed E-state index contributed by atoms with van der Waals surface area (Å²) >= 11 is 0. The van der Waals surface area contributed by atoms with E-state index in [-0.39, 0.29) is 12.1 Å². The minimum atomic E-state index is -0.211. The first-order valence-electron chi connectivity index (χ1n) is 5.57. The van der Waals surface area contributed by atoms with Gasteiger partial charge >= 0.3 is 6.03 Å². The number of benzene rings is 1. The standard InChI is InChI=1S/C13H15N3O/c1-9(2)15-13(17)16-11-7-10-5-3-4-6-12(10)14-8-11/h3-9H,1-2H3,(H2,15,16,17). The number of aromatic nitrogens is 1. The predicted octanol–water partition coefficient (Wildman–Crippen LogP) is 2.76. The number of rotatable bonds is 2. The lowest BCUT2D eigenvalue weighted by Crippen LogP contribution is -2.34. The third-order valence-corrected chi connectivity index (χ3v) is 2.27. The molecule has 0 bridgehead atoms. The van der Waals surface area contributed by atoms with Crippen LogP contribution >= 0.6 is 0 Å². The normalized spacial score (nSPS) is 10.5. The summed E-state index contributed by atoms with van der Waals surface area (Å²) in [7, 11) is 0. The maximum absolute atomic E-state index is 11.5. The molecule has 0 unspecified atom stereocenters. The molecule has 4 nitrogen and oxygen atoms in total. The molecule has 2 N–H and O–H groups in total. The maximum Gasteiger partial charge on any atom is 0.319 e. The van der Waals surface area contributed by atoms with Crippen molar-refractivity contribution in [2.45, 2.75) is 19.9 Å². The summed E-state index contributed by atoms with van der Waals surface area (Å²) in [5.74, 6) is 0. The van der Waals surface area contributed by atoms with Crippen LogP contribution in [-0.2, 0) is 0 Å². The van der Waals surface area contributed by atoms with E-state index in [1.54, 1.807) is 6.20 Å². The lowest BCUT2D eigenvalue weighted by molar-refractivity contribution is 0.250. The van der Waals surface area contributed by atoms with Gasteiger partial charge in [-0.15, -0.1) is 0 Å². The fourth-order valence-electron chi connectivity index (χ4n) is 1.57. The Bertz CT molecular complexity index is 537. The largest absolute Gasteiger partial charge is 0.336 e. The van der Waals surface area contributed by atoms with Crippen LogP contribution in [0.5, 0.6) is 0 Å². The van der Waals surface area contributed by atoms with Crippen LogP contribution in [0, 0.1) is 0 Å². The lowest BCUT2D eigenvalue weighted by atomic mass is 10.2. The number of hydrogen-bond donors (Lipinski definition) is 2. The molecule has 0 aliphatic heterocycles. The van der Waals surface area contributed by atoms with E-state index in [4.69, 9.17) is 0 Å². The van der Waals surface area contributed by atoms with Crippen molar-refractivity contribution >= 4 is 22.6 Å². The molecule has 1 heterocycles. The molecule has 0 aliphatic carbocycles. The van der Waals surface area contributed by atoms with E-state index in [0.29, 0.717) is 5.69 Å². The molecule has 1 aromatic heterocycles. The van der Waals surface area contributed by atoms with Crippen LogP contribution in [0.4, 0.5) is 10.5 Å². The van der Waals surface area contributed by atoms with E-state index in [0.717, 1.165) is 10.9 Å². The second kappa shape index (κ2) is 4.82. The van der Waals surface area contributed by atoms with Gasteiger partial charge in [0.05, 0.1) is 17.4 Å². The van der Waals surface area contributed by atoms with Gasteiger partial charge in [0, 0.05) is 11.4 Å². The molecule has 1 aromatic carbocycles. The molecule has 2 aromatic rings. The Hall–Kier alpha value is -2.10. The highest BCUT2D eigenvalue weighted by atomic mass is 16.2. The number of amides is 2. The Morgan fingerprint density at radius 2 is 2.06 bits per heavy atom. The first kappa shape index (κ1) is 11.4. The van der Waals surface area contributed by atoms with Crippen molar-refractivity contribution in [3.8, 4) is 0 Å². The van der Waals surface area contributed by atoms with E-state index in [9.17, 15) is 4.79 Å². The zero-order valence-electron chi connectivity index (χ0n) is 9.90. The highest BCUT2D eigenvalue weighted by Crippen LogP contribution is 2.15. The van der Waals surface area contributed by atoms with Gasteiger partial charge in [-0.1, -0.05) is 18.2 Å². The fourth-order valence-corrected chi connectivity index (χ4v) is 1.57. The zero-order valence-corrected chi connectivity index (χ0v) is 9.90. The van der Waals surface area contributed by atoms with Gasteiger partial charge in [0.1, 0.15) is 0 Å². The molecular weight excluding hydrogens is 214 g/mol. The van der Waals surface area contributed by atoms with Gasteiger partial charge in [0.15, 0.2) is 0 Å². The van der Waals surface area contributed by atoms with Gasteiger partial charge in [-0.05, 0) is 26.0 Å². The third kappa shape index (κ3) is 2.93. The van der Waals surface area contributed by atoms with Crippen molar-refractivity contribution in [3.63, 3.8) is 0 Å². The van der Waals surface area contributed by atoms with Crippen molar-refractivity contribution in [2.24, 2.45) is 0 Å². The smallest absolute Gasteiger partial charge is 0.319 e. The zero-order chi connectivity index (χ0) is 12.3. The van der Waals surface area contributed by atoms with E-state index < -0.39 is 0 Å². The average Bonchev–Trinajstić information content (AvgIpc) is 2.27. The number of carbonyl (C=O) groups excluding carboxylic acids is 1. The summed E-state index contributed by atoms with van der Waals surface area (Å²) in [5.41, 5.74) is 1.61. The second-order valence-corrected chi connectivity index (χ2v) is 4.17. The maximum atomic E-state index is 11.5. The van der Waals surface area contributed by atoms with Crippen LogP contribution in [0.15, 0.2) is 36.5 Å². The van der Waals surface area contributed by atoms with Gasteiger partial charge in [0.25, 0.3) is 0 Å². The van der Waals surface area contributed by atoms with E-state index in [1.165, 1.54) is 0 Å². The van der Waals surface area contributed by atoms with Gasteiger partial charge in [0.2, 0.25) is 0 Å². The number of anilines is 1. The molecule has 4 heteroatoms. The van der Waals surface area contributed by atoms with Crippen molar-refractivity contribution in [3.05, 3.63) is 36.5 Å². The van der Waals surface area contributed by atoms with Crippen molar-refractivity contribution in [2.75, 3.05) is 5.32 Å². The number of urea groups is 1. The summed E-state index contributed by atoms with van der Waals surface area (Å²) in [6.45, 7) is 3.83. The minimum absolute atomic E-state index is 0.114. The Morgan fingerprint density at radius 3 is 2.82 bits per heavy atom. The van der Waals surface area contributed by atoms with Crippen LogP contribution in [0.3, 0.4) is 0 Å². The topological polar surface area (TPSA) is 54.0 Å². The molecule has 0 spiro atoms. The van der Waals surface area contributed by atoms with Crippen LogP contribution < -0.4 is 10.6 Å². The molecule has 0 saturated heterocycles. The van der Waals surface area contributed by atoms with Gasteiger partial charge in [-0.2, -0.15) is 0 Å². The quantitative estimate of drug-likeness (QED) is 0.832. The number of pyridine rings is 1. The van der Waals surface area contributed by atoms with Gasteiger partial charge < -0.3 is 10.6 Å². The lowest BCUT2D eigenvalue weighted by Gasteiger charge is -2.10. The van der Waals surface area contributed by atoms with Crippen LogP contribution in [0.1, 0.15) is 13.8 Å². The number of nitrogens with zero attached hydrogens (tertiary/aromatic N) is 1. The Balaban J connectivity index is 2.17. The minimum Gasteiger partial charge on any atom is -0.336 e. The molecule has 2 amide bonds. The molecule has 0 saturated carbocycles. The fraction of sp³-hybridized carbons (Fsp3) is 0.231. The first-order valence-corrected chi connectivity index (χ1v) is 5.57. The monoisotopic (exact) mass is 229 g/mol. The first-order chi connectivity index (χ1) is 8.15. The van der Waals surface area contributed by atoms with Crippen LogP contribution in [0.25, 0.3) is 10.9 Å². The number of hydrogen-bond acceptors (Lipinski definition) is 2. The predicted molar refractivity (Wildman–Crippen MR) is 69.0 cm³/mol. The highest BCUT2D eigenvalue weighted by Gasteiger charge is 2.04. The molecule has 17 heavy (non-hydrogen) atoms. The van der Waals surface area contributed by atoms with Crippen LogP contribution in [0.2, 0.25) is 0 Å². The summed E-state index contributed by atoms with van der Waals surface area (Å²) < 4.78 is 0. The Labute approximate surface area is 100 Å². The molecule has 0 atom stereocenters. The van der Waals surface area contributed by atoms with E-state index in [1.807, 2.05) is 44.2 Å². The van der Waals surface area contributed by atoms with Gasteiger partial charge in [-0.3, -0.25) is 4.98 Å². The highest BCUT2D eigenvalue weighted by molar-refractivity contribution is 5.92. The SMILES string of the molecule is CC(C)NC(=O)Nc1cnc2ccccc2c1. The Kier molecular flexibility index (Phi) is 3.23. The molecule has 88 valence electrons. The van der Waals surface area contributed by atoms with Crippen molar-refractivity contribution in [1.82, 2.24) is 10.3 Å².